The van der Waals surface area contributed by atoms with Crippen LogP contribution in [0, 0.1) is 0 Å². The Kier molecular flexibility index (Phi) is 3.99. The third-order valence-corrected chi connectivity index (χ3v) is 2.69. The van der Waals surface area contributed by atoms with Gasteiger partial charge in [-0.3, -0.25) is 0 Å². The lowest BCUT2D eigenvalue weighted by Crippen LogP contribution is -2.18. The van der Waals surface area contributed by atoms with Crippen LogP contribution in [0.15, 0.2) is 12.1 Å². The fourth-order valence-corrected chi connectivity index (χ4v) is 1.75. The van der Waals surface area contributed by atoms with Gasteiger partial charge in [0.2, 0.25) is 0 Å². The van der Waals surface area contributed by atoms with Gasteiger partial charge in [-0.15, -0.1) is 15.3 Å². The van der Waals surface area contributed by atoms with Crippen molar-refractivity contribution in [3.8, 4) is 0 Å². The summed E-state index contributed by atoms with van der Waals surface area (Å²) in [5.41, 5.74) is 0.677. The Hall–Kier alpha value is -1.69. The zero-order valence-electron chi connectivity index (χ0n) is 12.0. The molecule has 0 aliphatic heterocycles. The molecule has 0 unspecified atom stereocenters. The maximum atomic E-state index is 5.28. The Morgan fingerprint density at radius 3 is 2.74 bits per heavy atom. The molecule has 2 heterocycles. The number of nitrogens with zero attached hydrogens (tertiary/aromatic N) is 4. The number of anilines is 1. The predicted molar refractivity (Wildman–Crippen MR) is 74.5 cm³/mol. The Balaban J connectivity index is 2.19. The molecule has 0 amide bonds. The summed E-state index contributed by atoms with van der Waals surface area (Å²) in [6.07, 6.45) is 0. The highest BCUT2D eigenvalue weighted by Crippen LogP contribution is 2.20. The third kappa shape index (κ3) is 3.20. The van der Waals surface area contributed by atoms with Gasteiger partial charge in [0.1, 0.15) is 5.82 Å². The van der Waals surface area contributed by atoms with E-state index in [9.17, 15) is 0 Å². The summed E-state index contributed by atoms with van der Waals surface area (Å²) in [7, 11) is 0. The van der Waals surface area contributed by atoms with Crippen molar-refractivity contribution in [2.75, 3.05) is 25.1 Å². The first-order valence-electron chi connectivity index (χ1n) is 6.57. The maximum absolute atomic E-state index is 5.28. The topological polar surface area (TPSA) is 64.3 Å². The van der Waals surface area contributed by atoms with E-state index in [4.69, 9.17) is 4.74 Å². The average molecular weight is 263 g/mol. The summed E-state index contributed by atoms with van der Waals surface area (Å²) in [4.78, 5) is 0. The molecular weight excluding hydrogens is 242 g/mol. The lowest BCUT2D eigenvalue weighted by atomic mass is 9.96. The standard InChI is InChI=1S/C13H21N5O/c1-5-19-9-8-14-10-6-7-11-15-16-12(13(2,3)4)18(11)17-10/h6-7H,5,8-9H2,1-4H3,(H,14,17). The van der Waals surface area contributed by atoms with Crippen LogP contribution in [0.2, 0.25) is 0 Å². The molecule has 0 fully saturated rings. The molecule has 6 heteroatoms. The van der Waals surface area contributed by atoms with Crippen LogP contribution in [-0.4, -0.2) is 39.6 Å². The van der Waals surface area contributed by atoms with E-state index in [-0.39, 0.29) is 5.41 Å². The van der Waals surface area contributed by atoms with Crippen molar-refractivity contribution in [2.24, 2.45) is 0 Å². The highest BCUT2D eigenvalue weighted by Gasteiger charge is 2.21. The Bertz CT molecular complexity index is 543. The van der Waals surface area contributed by atoms with Gasteiger partial charge in [-0.05, 0) is 19.1 Å². The molecule has 0 aromatic carbocycles. The van der Waals surface area contributed by atoms with Crippen molar-refractivity contribution in [1.82, 2.24) is 19.8 Å². The Morgan fingerprint density at radius 1 is 1.26 bits per heavy atom. The van der Waals surface area contributed by atoms with E-state index in [2.05, 4.69) is 41.4 Å². The molecule has 2 aromatic rings. The molecule has 0 atom stereocenters. The largest absolute Gasteiger partial charge is 0.380 e. The van der Waals surface area contributed by atoms with Crippen molar-refractivity contribution < 1.29 is 4.74 Å². The van der Waals surface area contributed by atoms with Gasteiger partial charge in [-0.1, -0.05) is 20.8 Å². The minimum absolute atomic E-state index is 0.0869. The Morgan fingerprint density at radius 2 is 2.05 bits per heavy atom. The molecule has 0 aliphatic carbocycles. The second kappa shape index (κ2) is 5.52. The van der Waals surface area contributed by atoms with Crippen LogP contribution in [0.1, 0.15) is 33.5 Å². The first kappa shape index (κ1) is 13.7. The molecule has 6 nitrogen and oxygen atoms in total. The minimum atomic E-state index is -0.0869. The SMILES string of the molecule is CCOCCNc1ccc2nnc(C(C)(C)C)n2n1. The molecule has 0 aliphatic rings. The van der Waals surface area contributed by atoms with Crippen molar-refractivity contribution in [2.45, 2.75) is 33.1 Å². The Labute approximate surface area is 113 Å². The number of hydrogen-bond acceptors (Lipinski definition) is 5. The van der Waals surface area contributed by atoms with Crippen molar-refractivity contribution >= 4 is 11.5 Å². The molecule has 0 bridgehead atoms. The minimum Gasteiger partial charge on any atom is -0.380 e. The number of hydrogen-bond donors (Lipinski definition) is 1. The summed E-state index contributed by atoms with van der Waals surface area (Å²) in [6, 6.07) is 3.82. The van der Waals surface area contributed by atoms with E-state index >= 15 is 0 Å². The van der Waals surface area contributed by atoms with Gasteiger partial charge < -0.3 is 10.1 Å². The number of fused-ring (bicyclic) bond motifs is 1. The highest BCUT2D eigenvalue weighted by atomic mass is 16.5. The predicted octanol–water partition coefficient (Wildman–Crippen LogP) is 1.87. The van der Waals surface area contributed by atoms with Gasteiger partial charge >= 0.3 is 0 Å². The van der Waals surface area contributed by atoms with E-state index in [0.717, 1.165) is 30.4 Å². The first-order chi connectivity index (χ1) is 9.02. The van der Waals surface area contributed by atoms with Crippen LogP contribution in [0.3, 0.4) is 0 Å². The molecular formula is C13H21N5O. The van der Waals surface area contributed by atoms with Crippen LogP contribution < -0.4 is 5.32 Å². The third-order valence-electron chi connectivity index (χ3n) is 2.69. The summed E-state index contributed by atoms with van der Waals surface area (Å²) in [6.45, 7) is 10.4. The van der Waals surface area contributed by atoms with Crippen LogP contribution >= 0.6 is 0 Å². The quantitative estimate of drug-likeness (QED) is 0.834. The van der Waals surface area contributed by atoms with E-state index in [1.54, 1.807) is 4.52 Å². The molecule has 0 radical (unpaired) electrons. The number of aromatic nitrogens is 4. The molecule has 2 rings (SSSR count). The van der Waals surface area contributed by atoms with E-state index < -0.39 is 0 Å². The van der Waals surface area contributed by atoms with Crippen molar-refractivity contribution in [3.63, 3.8) is 0 Å². The monoisotopic (exact) mass is 263 g/mol. The summed E-state index contributed by atoms with van der Waals surface area (Å²) < 4.78 is 7.08. The molecule has 104 valence electrons. The average Bonchev–Trinajstić information content (AvgIpc) is 2.77. The normalized spacial score (nSPS) is 12.0. The van der Waals surface area contributed by atoms with Gasteiger partial charge in [0, 0.05) is 18.6 Å². The van der Waals surface area contributed by atoms with Gasteiger partial charge in [0.15, 0.2) is 11.5 Å². The molecule has 2 aromatic heterocycles. The number of nitrogens with one attached hydrogen (secondary N) is 1. The zero-order chi connectivity index (χ0) is 13.9. The van der Waals surface area contributed by atoms with Gasteiger partial charge in [0.05, 0.1) is 6.61 Å². The fourth-order valence-electron chi connectivity index (χ4n) is 1.75. The highest BCUT2D eigenvalue weighted by molar-refractivity contribution is 5.44. The van der Waals surface area contributed by atoms with E-state index in [0.29, 0.717) is 6.61 Å². The molecule has 0 saturated carbocycles. The molecule has 0 saturated heterocycles. The van der Waals surface area contributed by atoms with Crippen LogP contribution in [0.5, 0.6) is 0 Å². The fraction of sp³-hybridized carbons (Fsp3) is 0.615. The van der Waals surface area contributed by atoms with E-state index in [1.165, 1.54) is 0 Å². The van der Waals surface area contributed by atoms with Crippen LogP contribution in [0.25, 0.3) is 5.65 Å². The smallest absolute Gasteiger partial charge is 0.178 e. The van der Waals surface area contributed by atoms with Gasteiger partial charge in [-0.2, -0.15) is 4.52 Å². The first-order valence-corrected chi connectivity index (χ1v) is 6.57. The second-order valence-electron chi connectivity index (χ2n) is 5.39. The summed E-state index contributed by atoms with van der Waals surface area (Å²) in [5, 5.41) is 16.1. The molecule has 1 N–H and O–H groups in total. The molecule has 0 spiro atoms. The van der Waals surface area contributed by atoms with Crippen LogP contribution in [0.4, 0.5) is 5.82 Å². The van der Waals surface area contributed by atoms with Gasteiger partial charge in [0.25, 0.3) is 0 Å². The van der Waals surface area contributed by atoms with E-state index in [1.807, 2.05) is 19.1 Å². The number of ether oxygens (including phenoxy) is 1. The second-order valence-corrected chi connectivity index (χ2v) is 5.39. The maximum Gasteiger partial charge on any atom is 0.178 e. The summed E-state index contributed by atoms with van der Waals surface area (Å²) >= 11 is 0. The van der Waals surface area contributed by atoms with Gasteiger partial charge in [-0.25, -0.2) is 0 Å². The van der Waals surface area contributed by atoms with Crippen molar-refractivity contribution in [3.05, 3.63) is 18.0 Å². The lowest BCUT2D eigenvalue weighted by Gasteiger charge is -2.15. The number of rotatable bonds is 5. The zero-order valence-corrected chi connectivity index (χ0v) is 12.0. The molecule has 19 heavy (non-hydrogen) atoms. The summed E-state index contributed by atoms with van der Waals surface area (Å²) in [5.74, 6) is 1.66. The van der Waals surface area contributed by atoms with Crippen LogP contribution in [-0.2, 0) is 10.2 Å². The lowest BCUT2D eigenvalue weighted by molar-refractivity contribution is 0.158. The van der Waals surface area contributed by atoms with Crippen molar-refractivity contribution in [1.29, 1.82) is 0 Å².